The van der Waals surface area contributed by atoms with Crippen LogP contribution in [0.15, 0.2) is 116 Å². The van der Waals surface area contributed by atoms with E-state index in [1.807, 2.05) is 79.1 Å². The molecule has 0 radical (unpaired) electrons. The summed E-state index contributed by atoms with van der Waals surface area (Å²) in [5.74, 6) is -0.928. The molecule has 0 aliphatic rings. The molecule has 0 aliphatic carbocycles. The van der Waals surface area contributed by atoms with Crippen molar-refractivity contribution in [3.63, 3.8) is 0 Å². The first kappa shape index (κ1) is 28.4. The third-order valence-corrected chi connectivity index (χ3v) is 7.22. The molecule has 0 aliphatic heterocycles. The Morgan fingerprint density at radius 1 is 0.714 bits per heavy atom. The second-order valence-corrected chi connectivity index (χ2v) is 11.3. The Hall–Kier alpha value is -5.10. The van der Waals surface area contributed by atoms with Crippen molar-refractivity contribution in [1.29, 1.82) is 0 Å². The van der Waals surface area contributed by atoms with Gasteiger partial charge in [0.15, 0.2) is 5.82 Å². The van der Waals surface area contributed by atoms with Crippen LogP contribution in [-0.4, -0.2) is 33.0 Å². The molecule has 1 atom stereocenters. The van der Waals surface area contributed by atoms with Gasteiger partial charge in [0.2, 0.25) is 0 Å². The molecule has 42 heavy (non-hydrogen) atoms. The minimum absolute atomic E-state index is 0.0354. The van der Waals surface area contributed by atoms with Gasteiger partial charge in [-0.05, 0) is 51.4 Å². The number of hydrogen-bond acceptors (Lipinski definition) is 4. The van der Waals surface area contributed by atoms with Crippen molar-refractivity contribution < 1.29 is 14.7 Å². The predicted molar refractivity (Wildman–Crippen MR) is 166 cm³/mol. The van der Waals surface area contributed by atoms with Crippen molar-refractivity contribution in [2.24, 2.45) is 0 Å². The SMILES string of the molecule is CC(C)(C)c1ccc(C(=O)NC(Cc2ccc(-c3ncc(-c4cccc(-c5ccccc5)c4)cn3)cc2)C(=O)O)cc1. The maximum absolute atomic E-state index is 12.8. The molecule has 0 saturated carbocycles. The zero-order valence-corrected chi connectivity index (χ0v) is 23.9. The van der Waals surface area contributed by atoms with E-state index in [0.717, 1.165) is 38.9 Å². The molecule has 0 bridgehead atoms. The lowest BCUT2D eigenvalue weighted by Gasteiger charge is -2.19. The summed E-state index contributed by atoms with van der Waals surface area (Å²) in [5.41, 5.74) is 7.32. The summed E-state index contributed by atoms with van der Waals surface area (Å²) in [6, 6.07) is 32.1. The van der Waals surface area contributed by atoms with Crippen LogP contribution < -0.4 is 5.32 Å². The highest BCUT2D eigenvalue weighted by molar-refractivity contribution is 5.96. The number of aromatic nitrogens is 2. The van der Waals surface area contributed by atoms with Crippen LogP contribution in [0.25, 0.3) is 33.6 Å². The van der Waals surface area contributed by atoms with Crippen molar-refractivity contribution in [1.82, 2.24) is 15.3 Å². The average molecular weight is 556 g/mol. The second kappa shape index (κ2) is 12.2. The minimum atomic E-state index is -1.09. The van der Waals surface area contributed by atoms with E-state index in [4.69, 9.17) is 0 Å². The number of carbonyl (C=O) groups excluding carboxylic acids is 1. The molecule has 5 rings (SSSR count). The molecule has 5 aromatic rings. The highest BCUT2D eigenvalue weighted by Gasteiger charge is 2.22. The van der Waals surface area contributed by atoms with Crippen molar-refractivity contribution >= 4 is 11.9 Å². The summed E-state index contributed by atoms with van der Waals surface area (Å²) < 4.78 is 0. The van der Waals surface area contributed by atoms with Crippen LogP contribution >= 0.6 is 0 Å². The number of amides is 1. The van der Waals surface area contributed by atoms with Gasteiger partial charge in [0.25, 0.3) is 5.91 Å². The Kier molecular flexibility index (Phi) is 8.25. The number of nitrogens with zero attached hydrogens (tertiary/aromatic N) is 2. The summed E-state index contributed by atoms with van der Waals surface area (Å²) in [7, 11) is 0. The van der Waals surface area contributed by atoms with Gasteiger partial charge in [0.1, 0.15) is 6.04 Å². The van der Waals surface area contributed by atoms with Crippen LogP contribution in [0.2, 0.25) is 0 Å². The van der Waals surface area contributed by atoms with Crippen molar-refractivity contribution in [2.45, 2.75) is 38.6 Å². The summed E-state index contributed by atoms with van der Waals surface area (Å²) in [5, 5.41) is 12.4. The normalized spacial score (nSPS) is 12.0. The highest BCUT2D eigenvalue weighted by atomic mass is 16.4. The van der Waals surface area contributed by atoms with Crippen LogP contribution in [0.1, 0.15) is 42.3 Å². The molecule has 1 amide bonds. The van der Waals surface area contributed by atoms with Crippen LogP contribution in [-0.2, 0) is 16.6 Å². The Morgan fingerprint density at radius 3 is 1.90 bits per heavy atom. The summed E-state index contributed by atoms with van der Waals surface area (Å²) in [4.78, 5) is 33.9. The molecule has 0 fully saturated rings. The lowest BCUT2D eigenvalue weighted by atomic mass is 9.86. The fraction of sp³-hybridized carbons (Fsp3) is 0.167. The van der Waals surface area contributed by atoms with E-state index in [-0.39, 0.29) is 11.8 Å². The van der Waals surface area contributed by atoms with Crippen molar-refractivity contribution in [3.8, 4) is 33.6 Å². The molecule has 1 aromatic heterocycles. The molecular formula is C36H33N3O3. The Labute approximate surface area is 246 Å². The molecule has 6 nitrogen and oxygen atoms in total. The van der Waals surface area contributed by atoms with Gasteiger partial charge in [-0.25, -0.2) is 14.8 Å². The zero-order valence-electron chi connectivity index (χ0n) is 23.9. The van der Waals surface area contributed by atoms with Gasteiger partial charge in [0, 0.05) is 35.5 Å². The maximum Gasteiger partial charge on any atom is 0.326 e. The van der Waals surface area contributed by atoms with Gasteiger partial charge in [-0.3, -0.25) is 4.79 Å². The van der Waals surface area contributed by atoms with Gasteiger partial charge >= 0.3 is 5.97 Å². The first-order valence-electron chi connectivity index (χ1n) is 13.9. The number of aliphatic carboxylic acids is 1. The molecule has 210 valence electrons. The van der Waals surface area contributed by atoms with E-state index in [0.29, 0.717) is 11.4 Å². The van der Waals surface area contributed by atoms with Gasteiger partial charge in [0.05, 0.1) is 0 Å². The van der Waals surface area contributed by atoms with Gasteiger partial charge in [-0.2, -0.15) is 0 Å². The third kappa shape index (κ3) is 6.78. The van der Waals surface area contributed by atoms with Crippen LogP contribution in [0, 0.1) is 0 Å². The Balaban J connectivity index is 1.25. The lowest BCUT2D eigenvalue weighted by molar-refractivity contribution is -0.139. The minimum Gasteiger partial charge on any atom is -0.480 e. The number of carboxylic acids is 1. The standard InChI is InChI=1S/C36H33N3O3/c1-36(2,3)31-18-16-27(17-19-31)34(40)39-32(35(41)42)20-24-12-14-26(15-13-24)33-37-22-30(23-38-33)29-11-7-10-28(21-29)25-8-5-4-6-9-25/h4-19,21-23,32H,20H2,1-3H3,(H,39,40)(H,41,42). The highest BCUT2D eigenvalue weighted by Crippen LogP contribution is 2.27. The number of rotatable bonds is 8. The van der Waals surface area contributed by atoms with Crippen LogP contribution in [0.3, 0.4) is 0 Å². The molecule has 1 heterocycles. The van der Waals surface area contributed by atoms with Gasteiger partial charge in [-0.1, -0.05) is 106 Å². The lowest BCUT2D eigenvalue weighted by Crippen LogP contribution is -2.42. The molecule has 6 heteroatoms. The largest absolute Gasteiger partial charge is 0.480 e. The molecule has 0 saturated heterocycles. The monoisotopic (exact) mass is 555 g/mol. The second-order valence-electron chi connectivity index (χ2n) is 11.3. The summed E-state index contributed by atoms with van der Waals surface area (Å²) in [6.07, 6.45) is 3.77. The first-order chi connectivity index (χ1) is 20.2. The number of nitrogens with one attached hydrogen (secondary N) is 1. The fourth-order valence-electron chi connectivity index (χ4n) is 4.72. The van der Waals surface area contributed by atoms with Gasteiger partial charge in [-0.15, -0.1) is 0 Å². The number of carbonyl (C=O) groups is 2. The third-order valence-electron chi connectivity index (χ3n) is 7.22. The molecule has 4 aromatic carbocycles. The average Bonchev–Trinajstić information content (AvgIpc) is 3.01. The fourth-order valence-corrected chi connectivity index (χ4v) is 4.72. The summed E-state index contributed by atoms with van der Waals surface area (Å²) >= 11 is 0. The first-order valence-corrected chi connectivity index (χ1v) is 13.9. The smallest absolute Gasteiger partial charge is 0.326 e. The van der Waals surface area contributed by atoms with E-state index >= 15 is 0 Å². The number of hydrogen-bond donors (Lipinski definition) is 2. The molecule has 2 N–H and O–H groups in total. The quantitative estimate of drug-likeness (QED) is 0.211. The topological polar surface area (TPSA) is 92.2 Å². The zero-order chi connectivity index (χ0) is 29.7. The summed E-state index contributed by atoms with van der Waals surface area (Å²) in [6.45, 7) is 6.30. The molecule has 0 spiro atoms. The Morgan fingerprint density at radius 2 is 1.31 bits per heavy atom. The molecule has 1 unspecified atom stereocenters. The van der Waals surface area contributed by atoms with Crippen LogP contribution in [0.4, 0.5) is 0 Å². The van der Waals surface area contributed by atoms with E-state index < -0.39 is 17.9 Å². The van der Waals surface area contributed by atoms with Gasteiger partial charge < -0.3 is 10.4 Å². The van der Waals surface area contributed by atoms with E-state index in [1.165, 1.54) is 0 Å². The van der Waals surface area contributed by atoms with Crippen molar-refractivity contribution in [2.75, 3.05) is 0 Å². The maximum atomic E-state index is 12.8. The van der Waals surface area contributed by atoms with E-state index in [2.05, 4.69) is 60.3 Å². The Bertz CT molecular complexity index is 1670. The van der Waals surface area contributed by atoms with E-state index in [9.17, 15) is 14.7 Å². The predicted octanol–water partition coefficient (Wildman–Crippen LogP) is 7.20. The number of benzene rings is 4. The number of carboxylic acid groups (broad SMARTS) is 1. The van der Waals surface area contributed by atoms with E-state index in [1.54, 1.807) is 12.1 Å². The van der Waals surface area contributed by atoms with Crippen molar-refractivity contribution in [3.05, 3.63) is 132 Å². The van der Waals surface area contributed by atoms with Crippen LogP contribution in [0.5, 0.6) is 0 Å². The molecular weight excluding hydrogens is 522 g/mol.